The predicted molar refractivity (Wildman–Crippen MR) is 210 cm³/mol. The van der Waals surface area contributed by atoms with Crippen molar-refractivity contribution in [3.8, 4) is 33.4 Å². The molecule has 0 atom stereocenters. The van der Waals surface area contributed by atoms with E-state index in [0.29, 0.717) is 0 Å². The van der Waals surface area contributed by atoms with Crippen molar-refractivity contribution in [2.45, 2.75) is 0 Å². The fourth-order valence-electron chi connectivity index (χ4n) is 8.15. The molecular formula is C48H28O2. The lowest BCUT2D eigenvalue weighted by molar-refractivity contribution is 0.633. The topological polar surface area (TPSA) is 26.3 Å². The molecule has 50 heavy (non-hydrogen) atoms. The minimum absolute atomic E-state index is 0.795. The predicted octanol–water partition coefficient (Wildman–Crippen LogP) is 13.9. The van der Waals surface area contributed by atoms with Crippen molar-refractivity contribution in [3.63, 3.8) is 0 Å². The van der Waals surface area contributed by atoms with Gasteiger partial charge < -0.3 is 8.83 Å². The van der Waals surface area contributed by atoms with E-state index < -0.39 is 0 Å². The van der Waals surface area contributed by atoms with Crippen molar-refractivity contribution >= 4 is 76.2 Å². The zero-order chi connectivity index (χ0) is 32.8. The molecule has 0 spiro atoms. The smallest absolute Gasteiger partial charge is 0.178 e. The van der Waals surface area contributed by atoms with Crippen LogP contribution in [-0.4, -0.2) is 0 Å². The Morgan fingerprint density at radius 3 is 1.44 bits per heavy atom. The second-order valence-electron chi connectivity index (χ2n) is 13.2. The van der Waals surface area contributed by atoms with Crippen molar-refractivity contribution in [1.29, 1.82) is 0 Å². The summed E-state index contributed by atoms with van der Waals surface area (Å²) in [7, 11) is 0. The number of rotatable bonds is 3. The maximum Gasteiger partial charge on any atom is 0.178 e. The Morgan fingerprint density at radius 1 is 0.260 bits per heavy atom. The highest BCUT2D eigenvalue weighted by atomic mass is 16.4. The first-order valence-electron chi connectivity index (χ1n) is 17.1. The first-order chi connectivity index (χ1) is 24.8. The normalized spacial score (nSPS) is 12.0. The van der Waals surface area contributed by atoms with Crippen LogP contribution in [0.1, 0.15) is 0 Å². The quantitative estimate of drug-likeness (QED) is 0.180. The third-order valence-electron chi connectivity index (χ3n) is 10.4. The molecule has 0 bridgehead atoms. The van der Waals surface area contributed by atoms with Crippen LogP contribution in [0.3, 0.4) is 0 Å². The molecule has 2 aromatic heterocycles. The van der Waals surface area contributed by atoms with Gasteiger partial charge in [-0.3, -0.25) is 0 Å². The number of hydrogen-bond donors (Lipinski definition) is 0. The third-order valence-corrected chi connectivity index (χ3v) is 10.4. The van der Waals surface area contributed by atoms with Gasteiger partial charge in [0.05, 0.1) is 0 Å². The van der Waals surface area contributed by atoms with E-state index in [1.165, 1.54) is 54.6 Å². The molecule has 2 heterocycles. The fraction of sp³-hybridized carbons (Fsp3) is 0. The van der Waals surface area contributed by atoms with Crippen molar-refractivity contribution in [2.75, 3.05) is 0 Å². The highest BCUT2D eigenvalue weighted by molar-refractivity contribution is 6.22. The lowest BCUT2D eigenvalue weighted by atomic mass is 9.85. The second-order valence-corrected chi connectivity index (χ2v) is 13.2. The Labute approximate surface area is 287 Å². The van der Waals surface area contributed by atoms with Crippen molar-refractivity contribution < 1.29 is 8.83 Å². The van der Waals surface area contributed by atoms with Gasteiger partial charge in [-0.1, -0.05) is 127 Å². The van der Waals surface area contributed by atoms with E-state index in [1.54, 1.807) is 0 Å². The number of para-hydroxylation sites is 1. The third kappa shape index (κ3) is 3.96. The second kappa shape index (κ2) is 10.4. The Morgan fingerprint density at radius 2 is 0.740 bits per heavy atom. The van der Waals surface area contributed by atoms with Crippen LogP contribution < -0.4 is 0 Å². The minimum Gasteiger partial charge on any atom is -0.452 e. The molecule has 2 heteroatoms. The molecule has 0 radical (unpaired) electrons. The summed E-state index contributed by atoms with van der Waals surface area (Å²) in [6.07, 6.45) is 0. The molecule has 232 valence electrons. The lowest BCUT2D eigenvalue weighted by Gasteiger charge is -2.18. The van der Waals surface area contributed by atoms with Crippen LogP contribution in [0.15, 0.2) is 179 Å². The van der Waals surface area contributed by atoms with Gasteiger partial charge in [0.1, 0.15) is 11.2 Å². The van der Waals surface area contributed by atoms with Gasteiger partial charge in [-0.05, 0) is 108 Å². The number of furan rings is 2. The highest BCUT2D eigenvalue weighted by Gasteiger charge is 2.19. The van der Waals surface area contributed by atoms with E-state index in [2.05, 4.69) is 152 Å². The van der Waals surface area contributed by atoms with Gasteiger partial charge in [0.15, 0.2) is 11.2 Å². The van der Waals surface area contributed by atoms with Crippen molar-refractivity contribution in [2.24, 2.45) is 0 Å². The molecule has 0 unspecified atom stereocenters. The van der Waals surface area contributed by atoms with Crippen molar-refractivity contribution in [1.82, 2.24) is 0 Å². The Hall–Kier alpha value is -6.64. The molecule has 11 aromatic rings. The molecule has 9 aromatic carbocycles. The summed E-state index contributed by atoms with van der Waals surface area (Å²) in [6.45, 7) is 0. The summed E-state index contributed by atoms with van der Waals surface area (Å²) in [5.41, 5.74) is 10.5. The van der Waals surface area contributed by atoms with Gasteiger partial charge in [-0.2, -0.15) is 0 Å². The molecule has 0 aliphatic heterocycles. The monoisotopic (exact) mass is 636 g/mol. The highest BCUT2D eigenvalue weighted by Crippen LogP contribution is 2.45. The molecule has 0 amide bonds. The summed E-state index contributed by atoms with van der Waals surface area (Å²) in [4.78, 5) is 0. The van der Waals surface area contributed by atoms with E-state index >= 15 is 0 Å². The number of benzene rings is 9. The average Bonchev–Trinajstić information content (AvgIpc) is 3.75. The molecule has 0 fully saturated rings. The summed E-state index contributed by atoms with van der Waals surface area (Å²) < 4.78 is 12.9. The van der Waals surface area contributed by atoms with Crippen LogP contribution in [0.2, 0.25) is 0 Å². The van der Waals surface area contributed by atoms with E-state index in [1.807, 2.05) is 18.2 Å². The maximum atomic E-state index is 6.58. The molecular weight excluding hydrogens is 609 g/mol. The van der Waals surface area contributed by atoms with Crippen LogP contribution >= 0.6 is 0 Å². The molecule has 2 nitrogen and oxygen atoms in total. The average molecular weight is 637 g/mol. The summed E-state index contributed by atoms with van der Waals surface area (Å²) in [5, 5.41) is 11.8. The zero-order valence-corrected chi connectivity index (χ0v) is 27.0. The maximum absolute atomic E-state index is 6.58. The largest absolute Gasteiger partial charge is 0.452 e. The fourth-order valence-corrected chi connectivity index (χ4v) is 8.15. The van der Waals surface area contributed by atoms with Gasteiger partial charge in [-0.15, -0.1) is 0 Å². The van der Waals surface area contributed by atoms with E-state index in [4.69, 9.17) is 8.83 Å². The molecule has 0 saturated heterocycles. The molecule has 0 aliphatic carbocycles. The zero-order valence-electron chi connectivity index (χ0n) is 27.0. The standard InChI is InChI=1S/C48H28O2/c1-2-11-30-26-34(21-20-29(30)10-1)46-39-17-5-3-15-37(39)45(38-16-4-6-18-40(38)46)33-13-9-12-31(27-33)32-22-23-36-42-25-24-41-35-14-7-8-19-43(35)49-47(41)48(42)50-44(36)28-32/h1-28H. The molecule has 11 rings (SSSR count). The number of hydrogen-bond acceptors (Lipinski definition) is 2. The Kier molecular flexibility index (Phi) is 5.70. The van der Waals surface area contributed by atoms with Crippen molar-refractivity contribution in [3.05, 3.63) is 170 Å². The summed E-state index contributed by atoms with van der Waals surface area (Å²) in [5.74, 6) is 0. The van der Waals surface area contributed by atoms with E-state index in [-0.39, 0.29) is 0 Å². The van der Waals surface area contributed by atoms with E-state index in [0.717, 1.165) is 55.0 Å². The van der Waals surface area contributed by atoms with Gasteiger partial charge >= 0.3 is 0 Å². The number of fused-ring (bicyclic) bond motifs is 10. The summed E-state index contributed by atoms with van der Waals surface area (Å²) in [6, 6.07) is 61.1. The molecule has 0 aliphatic rings. The first-order valence-corrected chi connectivity index (χ1v) is 17.1. The first kappa shape index (κ1) is 27.3. The Bertz CT molecular complexity index is 3100. The van der Waals surface area contributed by atoms with Gasteiger partial charge in [-0.25, -0.2) is 0 Å². The Balaban J connectivity index is 1.09. The SMILES string of the molecule is c1cc(-c2ccc3c(c2)oc2c3ccc3c4ccccc4oc32)cc(-c2c3ccccc3c(-c3ccc4ccccc4c3)c3ccccc23)c1. The molecule has 0 N–H and O–H groups in total. The van der Waals surface area contributed by atoms with Gasteiger partial charge in [0.2, 0.25) is 0 Å². The summed E-state index contributed by atoms with van der Waals surface area (Å²) >= 11 is 0. The van der Waals surface area contributed by atoms with Crippen LogP contribution in [0.4, 0.5) is 0 Å². The van der Waals surface area contributed by atoms with Crippen LogP contribution in [0, 0.1) is 0 Å². The van der Waals surface area contributed by atoms with Crippen LogP contribution in [-0.2, 0) is 0 Å². The van der Waals surface area contributed by atoms with Crippen LogP contribution in [0.5, 0.6) is 0 Å². The minimum atomic E-state index is 0.795. The van der Waals surface area contributed by atoms with E-state index in [9.17, 15) is 0 Å². The van der Waals surface area contributed by atoms with Crippen LogP contribution in [0.25, 0.3) is 110 Å². The van der Waals surface area contributed by atoms with Gasteiger partial charge in [0, 0.05) is 21.5 Å². The van der Waals surface area contributed by atoms with Gasteiger partial charge in [0.25, 0.3) is 0 Å². The lowest BCUT2D eigenvalue weighted by Crippen LogP contribution is -1.91. The molecule has 0 saturated carbocycles.